The molecule has 0 radical (unpaired) electrons. The zero-order valence-corrected chi connectivity index (χ0v) is 24.3. The number of likely N-dealkylation sites (tertiary alicyclic amines) is 1. The summed E-state index contributed by atoms with van der Waals surface area (Å²) in [5.41, 5.74) is 5.83. The second-order valence-electron chi connectivity index (χ2n) is 11.4. The lowest BCUT2D eigenvalue weighted by atomic mass is 9.97. The number of imidazole rings is 1. The van der Waals surface area contributed by atoms with Crippen molar-refractivity contribution in [1.29, 1.82) is 0 Å². The Labute approximate surface area is 245 Å². The maximum atomic E-state index is 15.0. The van der Waals surface area contributed by atoms with E-state index in [1.54, 1.807) is 23.1 Å². The van der Waals surface area contributed by atoms with Gasteiger partial charge in [0.05, 0.1) is 25.1 Å². The van der Waals surface area contributed by atoms with Crippen molar-refractivity contribution in [3.63, 3.8) is 0 Å². The molecular formula is C31H39FN6O4. The van der Waals surface area contributed by atoms with Gasteiger partial charge in [-0.1, -0.05) is 55.5 Å². The summed E-state index contributed by atoms with van der Waals surface area (Å²) in [6.45, 7) is 6.52. The Morgan fingerprint density at radius 3 is 2.43 bits per heavy atom. The Morgan fingerprint density at radius 2 is 1.76 bits per heavy atom. The third kappa shape index (κ3) is 8.01. The minimum Gasteiger partial charge on any atom is -0.374 e. The van der Waals surface area contributed by atoms with Gasteiger partial charge >= 0.3 is 0 Å². The standard InChI is InChI=1S/C31H39FN6O4/c1-21-13-15-37(16-14-21)29(40)27(23-11-7-8-12-24(23)32)38-17-26(34-20-38)36-28(39)25(35-30(41)31(2,3)33)19-42-18-22-9-5-4-6-10-22/h4-12,17,20-21,25,27H,13-16,18-19,33H2,1-3H3,(H,35,41)(H,36,39). The van der Waals surface area contributed by atoms with E-state index in [2.05, 4.69) is 22.5 Å². The van der Waals surface area contributed by atoms with Crippen LogP contribution in [0.15, 0.2) is 67.1 Å². The zero-order chi connectivity index (χ0) is 30.3. The summed E-state index contributed by atoms with van der Waals surface area (Å²) in [6, 6.07) is 13.5. The number of rotatable bonds is 11. The molecule has 1 saturated heterocycles. The lowest BCUT2D eigenvalue weighted by Crippen LogP contribution is -2.56. The van der Waals surface area contributed by atoms with Crippen LogP contribution in [-0.4, -0.2) is 63.4 Å². The molecule has 2 aromatic carbocycles. The molecule has 1 aromatic heterocycles. The predicted octanol–water partition coefficient (Wildman–Crippen LogP) is 3.25. The monoisotopic (exact) mass is 578 g/mol. The molecule has 0 bridgehead atoms. The van der Waals surface area contributed by atoms with E-state index in [1.165, 1.54) is 37.0 Å². The first-order valence-corrected chi connectivity index (χ1v) is 14.1. The van der Waals surface area contributed by atoms with Crippen LogP contribution in [-0.2, 0) is 25.7 Å². The van der Waals surface area contributed by atoms with E-state index in [-0.39, 0.29) is 30.5 Å². The van der Waals surface area contributed by atoms with E-state index in [0.29, 0.717) is 19.0 Å². The molecule has 1 aliphatic rings. The molecule has 0 spiro atoms. The summed E-state index contributed by atoms with van der Waals surface area (Å²) in [7, 11) is 0. The SMILES string of the molecule is CC1CCN(C(=O)C(c2ccccc2F)n2cnc(NC(=O)C(COCc3ccccc3)NC(=O)C(C)(C)N)c2)CC1. The van der Waals surface area contributed by atoms with Gasteiger partial charge in [0.25, 0.3) is 5.91 Å². The minimum absolute atomic E-state index is 0.118. The van der Waals surface area contributed by atoms with E-state index in [0.717, 1.165) is 18.4 Å². The number of carbonyl (C=O) groups is 3. The van der Waals surface area contributed by atoms with Crippen LogP contribution in [0.25, 0.3) is 0 Å². The lowest BCUT2D eigenvalue weighted by molar-refractivity contribution is -0.135. The van der Waals surface area contributed by atoms with Crippen molar-refractivity contribution in [2.75, 3.05) is 25.0 Å². The van der Waals surface area contributed by atoms with E-state index < -0.39 is 35.3 Å². The number of carbonyl (C=O) groups excluding carboxylic acids is 3. The van der Waals surface area contributed by atoms with Crippen molar-refractivity contribution in [1.82, 2.24) is 19.8 Å². The molecule has 3 amide bonds. The van der Waals surface area contributed by atoms with E-state index >= 15 is 0 Å². The number of anilines is 1. The summed E-state index contributed by atoms with van der Waals surface area (Å²) >= 11 is 0. The topological polar surface area (TPSA) is 132 Å². The number of nitrogens with two attached hydrogens (primary N) is 1. The number of nitrogens with zero attached hydrogens (tertiary/aromatic N) is 3. The summed E-state index contributed by atoms with van der Waals surface area (Å²) < 4.78 is 22.2. The Morgan fingerprint density at radius 1 is 1.10 bits per heavy atom. The van der Waals surface area contributed by atoms with Gasteiger partial charge in [-0.05, 0) is 44.2 Å². The first-order valence-electron chi connectivity index (χ1n) is 14.1. The molecule has 1 aliphatic heterocycles. The molecule has 224 valence electrons. The zero-order valence-electron chi connectivity index (χ0n) is 24.3. The fourth-order valence-electron chi connectivity index (χ4n) is 4.67. The van der Waals surface area contributed by atoms with Crippen LogP contribution in [0, 0.1) is 11.7 Å². The third-order valence-electron chi connectivity index (χ3n) is 7.28. The van der Waals surface area contributed by atoms with Gasteiger partial charge in [-0.3, -0.25) is 14.4 Å². The normalized spacial score (nSPS) is 15.6. The Hall–Kier alpha value is -4.09. The molecule has 4 N–H and O–H groups in total. The van der Waals surface area contributed by atoms with Crippen molar-refractivity contribution in [3.05, 3.63) is 84.1 Å². The maximum Gasteiger partial charge on any atom is 0.250 e. The highest BCUT2D eigenvalue weighted by atomic mass is 19.1. The molecular weight excluding hydrogens is 539 g/mol. The number of hydrogen-bond acceptors (Lipinski definition) is 6. The summed E-state index contributed by atoms with van der Waals surface area (Å²) in [5, 5.41) is 5.33. The third-order valence-corrected chi connectivity index (χ3v) is 7.28. The number of benzene rings is 2. The van der Waals surface area contributed by atoms with Gasteiger partial charge in [0.15, 0.2) is 5.82 Å². The number of amides is 3. The number of halogens is 1. The van der Waals surface area contributed by atoms with Gasteiger partial charge in [-0.25, -0.2) is 9.37 Å². The number of piperidine rings is 1. The fourth-order valence-corrected chi connectivity index (χ4v) is 4.67. The van der Waals surface area contributed by atoms with Gasteiger partial charge in [-0.2, -0.15) is 0 Å². The average molecular weight is 579 g/mol. The second-order valence-corrected chi connectivity index (χ2v) is 11.4. The molecule has 1 fully saturated rings. The molecule has 2 unspecified atom stereocenters. The van der Waals surface area contributed by atoms with E-state index in [4.69, 9.17) is 10.5 Å². The first kappa shape index (κ1) is 30.9. The van der Waals surface area contributed by atoms with Crippen molar-refractivity contribution in [3.8, 4) is 0 Å². The van der Waals surface area contributed by atoms with Crippen molar-refractivity contribution < 1.29 is 23.5 Å². The Balaban J connectivity index is 1.52. The highest BCUT2D eigenvalue weighted by Crippen LogP contribution is 2.27. The van der Waals surface area contributed by atoms with Crippen LogP contribution in [0.3, 0.4) is 0 Å². The lowest BCUT2D eigenvalue weighted by Gasteiger charge is -2.33. The van der Waals surface area contributed by atoms with Crippen LogP contribution >= 0.6 is 0 Å². The molecule has 4 rings (SSSR count). The first-order chi connectivity index (χ1) is 20.0. The van der Waals surface area contributed by atoms with Crippen LogP contribution in [0.2, 0.25) is 0 Å². The molecule has 42 heavy (non-hydrogen) atoms. The highest BCUT2D eigenvalue weighted by molar-refractivity contribution is 5.98. The molecule has 3 aromatic rings. The summed E-state index contributed by atoms with van der Waals surface area (Å²) in [4.78, 5) is 45.6. The average Bonchev–Trinajstić information content (AvgIpc) is 3.41. The quantitative estimate of drug-likeness (QED) is 0.320. The fraction of sp³-hybridized carbons (Fsp3) is 0.419. The number of ether oxygens (including phenoxy) is 1. The Kier molecular flexibility index (Phi) is 10.1. The van der Waals surface area contributed by atoms with Crippen molar-refractivity contribution in [2.45, 2.75) is 57.8 Å². The van der Waals surface area contributed by atoms with Crippen molar-refractivity contribution in [2.24, 2.45) is 11.7 Å². The van der Waals surface area contributed by atoms with Gasteiger partial charge in [-0.15, -0.1) is 0 Å². The van der Waals surface area contributed by atoms with Gasteiger partial charge in [0.2, 0.25) is 11.8 Å². The predicted molar refractivity (Wildman–Crippen MR) is 157 cm³/mol. The summed E-state index contributed by atoms with van der Waals surface area (Å²) in [5.74, 6) is -1.21. The van der Waals surface area contributed by atoms with E-state index in [9.17, 15) is 18.8 Å². The molecule has 2 atom stereocenters. The smallest absolute Gasteiger partial charge is 0.250 e. The molecule has 2 heterocycles. The van der Waals surface area contributed by atoms with Crippen molar-refractivity contribution >= 4 is 23.5 Å². The minimum atomic E-state index is -1.22. The van der Waals surface area contributed by atoms with Gasteiger partial charge in [0.1, 0.15) is 17.9 Å². The largest absolute Gasteiger partial charge is 0.374 e. The maximum absolute atomic E-state index is 15.0. The van der Waals surface area contributed by atoms with Crippen LogP contribution in [0.4, 0.5) is 10.2 Å². The number of aromatic nitrogens is 2. The summed E-state index contributed by atoms with van der Waals surface area (Å²) in [6.07, 6.45) is 4.62. The Bertz CT molecular complexity index is 1370. The highest BCUT2D eigenvalue weighted by Gasteiger charge is 2.32. The second kappa shape index (κ2) is 13.7. The molecule has 0 saturated carbocycles. The molecule has 10 nitrogen and oxygen atoms in total. The molecule has 0 aliphatic carbocycles. The van der Waals surface area contributed by atoms with Crippen LogP contribution < -0.4 is 16.4 Å². The van der Waals surface area contributed by atoms with Gasteiger partial charge in [0, 0.05) is 24.8 Å². The molecule has 11 heteroatoms. The van der Waals surface area contributed by atoms with Crippen LogP contribution in [0.1, 0.15) is 50.8 Å². The van der Waals surface area contributed by atoms with Gasteiger partial charge < -0.3 is 30.6 Å². The van der Waals surface area contributed by atoms with Crippen LogP contribution in [0.5, 0.6) is 0 Å². The van der Waals surface area contributed by atoms with E-state index in [1.807, 2.05) is 30.3 Å². The number of nitrogens with one attached hydrogen (secondary N) is 2. The number of hydrogen-bond donors (Lipinski definition) is 3.